The van der Waals surface area contributed by atoms with Crippen LogP contribution in [0, 0.1) is 11.3 Å². The Labute approximate surface area is 117 Å². The van der Waals surface area contributed by atoms with Crippen molar-refractivity contribution in [3.63, 3.8) is 0 Å². The third-order valence-electron chi connectivity index (χ3n) is 3.37. The number of nitrogens with zero attached hydrogens (tertiary/aromatic N) is 4. The fourth-order valence-corrected chi connectivity index (χ4v) is 2.17. The smallest absolute Gasteiger partial charge is 0.168 e. The van der Waals surface area contributed by atoms with Crippen molar-refractivity contribution in [3.05, 3.63) is 53.7 Å². The Hall–Kier alpha value is -2.67. The number of pyridine rings is 1. The van der Waals surface area contributed by atoms with Crippen LogP contribution < -0.4 is 0 Å². The first-order chi connectivity index (χ1) is 9.69. The van der Waals surface area contributed by atoms with Gasteiger partial charge in [0.2, 0.25) is 0 Å². The van der Waals surface area contributed by atoms with E-state index in [1.165, 1.54) is 5.56 Å². The molecule has 0 saturated carbocycles. The SMILES string of the molecule is CC(C)c1ccc(-c2nnc3ccc(C#N)cn23)cc1. The number of fused-ring (bicyclic) bond motifs is 1. The number of aromatic nitrogens is 3. The third-order valence-corrected chi connectivity index (χ3v) is 3.37. The van der Waals surface area contributed by atoms with Gasteiger partial charge >= 0.3 is 0 Å². The average molecular weight is 262 g/mol. The van der Waals surface area contributed by atoms with Crippen LogP contribution in [0.5, 0.6) is 0 Å². The zero-order valence-electron chi connectivity index (χ0n) is 11.4. The Bertz CT molecular complexity index is 791. The molecule has 0 fully saturated rings. The summed E-state index contributed by atoms with van der Waals surface area (Å²) in [5, 5.41) is 17.3. The average Bonchev–Trinajstić information content (AvgIpc) is 2.90. The van der Waals surface area contributed by atoms with Gasteiger partial charge in [0.1, 0.15) is 6.07 Å². The molecule has 0 N–H and O–H groups in total. The van der Waals surface area contributed by atoms with Crippen LogP contribution >= 0.6 is 0 Å². The monoisotopic (exact) mass is 262 g/mol. The topological polar surface area (TPSA) is 54.0 Å². The van der Waals surface area contributed by atoms with E-state index in [1.54, 1.807) is 18.3 Å². The largest absolute Gasteiger partial charge is 0.281 e. The van der Waals surface area contributed by atoms with Crippen molar-refractivity contribution in [2.75, 3.05) is 0 Å². The van der Waals surface area contributed by atoms with E-state index in [1.807, 2.05) is 16.5 Å². The minimum Gasteiger partial charge on any atom is -0.281 e. The van der Waals surface area contributed by atoms with Gasteiger partial charge < -0.3 is 0 Å². The summed E-state index contributed by atoms with van der Waals surface area (Å²) in [7, 11) is 0. The number of nitriles is 1. The highest BCUT2D eigenvalue weighted by atomic mass is 15.2. The number of benzene rings is 1. The quantitative estimate of drug-likeness (QED) is 0.711. The molecule has 98 valence electrons. The van der Waals surface area contributed by atoms with Crippen LogP contribution in [0.3, 0.4) is 0 Å². The highest BCUT2D eigenvalue weighted by Crippen LogP contribution is 2.22. The lowest BCUT2D eigenvalue weighted by Gasteiger charge is -2.06. The summed E-state index contributed by atoms with van der Waals surface area (Å²) < 4.78 is 1.85. The molecule has 0 unspecified atom stereocenters. The first kappa shape index (κ1) is 12.4. The van der Waals surface area contributed by atoms with Crippen LogP contribution in [-0.2, 0) is 0 Å². The maximum absolute atomic E-state index is 8.99. The van der Waals surface area contributed by atoms with Crippen molar-refractivity contribution in [2.24, 2.45) is 0 Å². The standard InChI is InChI=1S/C16H14N4/c1-11(2)13-4-6-14(7-5-13)16-19-18-15-8-3-12(9-17)10-20(15)16/h3-8,10-11H,1-2H3. The second-order valence-electron chi connectivity index (χ2n) is 5.06. The molecule has 0 atom stereocenters. The Balaban J connectivity index is 2.12. The van der Waals surface area contributed by atoms with Gasteiger partial charge in [-0.3, -0.25) is 4.40 Å². The van der Waals surface area contributed by atoms with E-state index in [9.17, 15) is 0 Å². The molecular formula is C16H14N4. The fraction of sp³-hybridized carbons (Fsp3) is 0.188. The van der Waals surface area contributed by atoms with Crippen LogP contribution in [0.4, 0.5) is 0 Å². The van der Waals surface area contributed by atoms with E-state index < -0.39 is 0 Å². The lowest BCUT2D eigenvalue weighted by molar-refractivity contribution is 0.867. The minimum absolute atomic E-state index is 0.504. The van der Waals surface area contributed by atoms with Gasteiger partial charge in [-0.05, 0) is 23.6 Å². The first-order valence-electron chi connectivity index (χ1n) is 6.54. The Kier molecular flexibility index (Phi) is 2.96. The van der Waals surface area contributed by atoms with E-state index in [0.717, 1.165) is 17.0 Å². The lowest BCUT2D eigenvalue weighted by Crippen LogP contribution is -1.92. The van der Waals surface area contributed by atoms with Crippen LogP contribution in [0.2, 0.25) is 0 Å². The summed E-state index contributed by atoms with van der Waals surface area (Å²) in [4.78, 5) is 0. The molecule has 0 saturated heterocycles. The van der Waals surface area contributed by atoms with Crippen molar-refractivity contribution in [1.29, 1.82) is 5.26 Å². The van der Waals surface area contributed by atoms with Gasteiger partial charge in [-0.2, -0.15) is 5.26 Å². The second kappa shape index (κ2) is 4.78. The van der Waals surface area contributed by atoms with Gasteiger partial charge in [0.25, 0.3) is 0 Å². The van der Waals surface area contributed by atoms with Gasteiger partial charge in [0, 0.05) is 11.8 Å². The zero-order chi connectivity index (χ0) is 14.1. The molecule has 2 aromatic heterocycles. The van der Waals surface area contributed by atoms with E-state index in [0.29, 0.717) is 11.5 Å². The van der Waals surface area contributed by atoms with E-state index in [-0.39, 0.29) is 0 Å². The molecule has 0 radical (unpaired) electrons. The maximum atomic E-state index is 8.99. The summed E-state index contributed by atoms with van der Waals surface area (Å²) in [5.74, 6) is 1.26. The van der Waals surface area contributed by atoms with Crippen molar-refractivity contribution in [3.8, 4) is 17.5 Å². The van der Waals surface area contributed by atoms with Crippen LogP contribution in [0.1, 0.15) is 30.9 Å². The Morgan fingerprint density at radius 1 is 1.05 bits per heavy atom. The van der Waals surface area contributed by atoms with Crippen molar-refractivity contribution < 1.29 is 0 Å². The van der Waals surface area contributed by atoms with E-state index >= 15 is 0 Å². The van der Waals surface area contributed by atoms with E-state index in [4.69, 9.17) is 5.26 Å². The normalized spacial score (nSPS) is 10.9. The highest BCUT2D eigenvalue weighted by Gasteiger charge is 2.09. The predicted octanol–water partition coefficient (Wildman–Crippen LogP) is 3.39. The summed E-state index contributed by atoms with van der Waals surface area (Å²) in [6.45, 7) is 4.33. The molecule has 3 rings (SSSR count). The van der Waals surface area contributed by atoms with Gasteiger partial charge in [-0.1, -0.05) is 38.1 Å². The van der Waals surface area contributed by atoms with Gasteiger partial charge in [-0.25, -0.2) is 0 Å². The summed E-state index contributed by atoms with van der Waals surface area (Å²) in [6, 6.07) is 14.0. The Morgan fingerprint density at radius 2 is 1.80 bits per heavy atom. The first-order valence-corrected chi connectivity index (χ1v) is 6.54. The molecule has 0 aliphatic rings. The maximum Gasteiger partial charge on any atom is 0.168 e. The summed E-state index contributed by atoms with van der Waals surface area (Å²) >= 11 is 0. The molecule has 0 amide bonds. The molecule has 20 heavy (non-hydrogen) atoms. The second-order valence-corrected chi connectivity index (χ2v) is 5.06. The molecule has 0 spiro atoms. The third kappa shape index (κ3) is 2.04. The predicted molar refractivity (Wildman–Crippen MR) is 77.2 cm³/mol. The van der Waals surface area contributed by atoms with Gasteiger partial charge in [0.15, 0.2) is 11.5 Å². The molecule has 0 aliphatic carbocycles. The molecule has 4 nitrogen and oxygen atoms in total. The Morgan fingerprint density at radius 3 is 2.45 bits per heavy atom. The molecule has 4 heteroatoms. The number of hydrogen-bond donors (Lipinski definition) is 0. The van der Waals surface area contributed by atoms with Crippen LogP contribution in [0.15, 0.2) is 42.6 Å². The van der Waals surface area contributed by atoms with Crippen LogP contribution in [-0.4, -0.2) is 14.6 Å². The molecule has 0 aliphatic heterocycles. The molecule has 0 bridgehead atoms. The molecule has 1 aromatic carbocycles. The molecular weight excluding hydrogens is 248 g/mol. The van der Waals surface area contributed by atoms with Crippen molar-refractivity contribution in [1.82, 2.24) is 14.6 Å². The minimum atomic E-state index is 0.504. The zero-order valence-corrected chi connectivity index (χ0v) is 11.4. The molecule has 3 aromatic rings. The van der Waals surface area contributed by atoms with Gasteiger partial charge in [0.05, 0.1) is 5.56 Å². The van der Waals surface area contributed by atoms with E-state index in [2.05, 4.69) is 42.2 Å². The number of hydrogen-bond acceptors (Lipinski definition) is 3. The van der Waals surface area contributed by atoms with Gasteiger partial charge in [-0.15, -0.1) is 10.2 Å². The summed E-state index contributed by atoms with van der Waals surface area (Å²) in [5.41, 5.74) is 3.63. The lowest BCUT2D eigenvalue weighted by atomic mass is 10.0. The summed E-state index contributed by atoms with van der Waals surface area (Å²) in [6.07, 6.45) is 1.76. The number of rotatable bonds is 2. The highest BCUT2D eigenvalue weighted by molar-refractivity contribution is 5.60. The van der Waals surface area contributed by atoms with Crippen molar-refractivity contribution in [2.45, 2.75) is 19.8 Å². The van der Waals surface area contributed by atoms with Crippen molar-refractivity contribution >= 4 is 5.65 Å². The molecule has 2 heterocycles. The fourth-order valence-electron chi connectivity index (χ4n) is 2.17. The van der Waals surface area contributed by atoms with Crippen LogP contribution in [0.25, 0.3) is 17.0 Å².